The third kappa shape index (κ3) is 12.7. The Kier molecular flexibility index (Phi) is 16.5. The molecule has 0 bridgehead atoms. The van der Waals surface area contributed by atoms with Crippen LogP contribution in [0.25, 0.3) is 0 Å². The second-order valence-electron chi connectivity index (χ2n) is 14.8. The molecule has 2 aromatic rings. The lowest BCUT2D eigenvalue weighted by molar-refractivity contribution is -0.255. The maximum absolute atomic E-state index is 12.5. The fourth-order valence-electron chi connectivity index (χ4n) is 7.57. The molecule has 3 fully saturated rings. The highest BCUT2D eigenvalue weighted by atomic mass is 16.7. The Labute approximate surface area is 301 Å². The second kappa shape index (κ2) is 21.3. The summed E-state index contributed by atoms with van der Waals surface area (Å²) in [5.74, 6) is -0.261. The molecule has 0 aliphatic carbocycles. The Morgan fingerprint density at radius 2 is 1.32 bits per heavy atom. The Hall–Kier alpha value is -2.33. The molecule has 3 aliphatic heterocycles. The number of ether oxygens (including phenoxy) is 4. The van der Waals surface area contributed by atoms with Crippen LogP contribution >= 0.6 is 0 Å². The van der Waals surface area contributed by atoms with E-state index in [4.69, 9.17) is 18.9 Å². The van der Waals surface area contributed by atoms with Gasteiger partial charge in [0.05, 0.1) is 32.0 Å². The van der Waals surface area contributed by atoms with Crippen molar-refractivity contribution in [1.29, 1.82) is 0 Å². The van der Waals surface area contributed by atoms with Crippen molar-refractivity contribution in [2.45, 2.75) is 154 Å². The maximum Gasteiger partial charge on any atom is 0.220 e. The van der Waals surface area contributed by atoms with Gasteiger partial charge in [0.1, 0.15) is 0 Å². The zero-order valence-corrected chi connectivity index (χ0v) is 30.8. The van der Waals surface area contributed by atoms with Crippen molar-refractivity contribution in [2.24, 2.45) is 0 Å². The van der Waals surface area contributed by atoms with E-state index in [1.54, 1.807) is 0 Å². The summed E-state index contributed by atoms with van der Waals surface area (Å²) in [6.45, 7) is 6.85. The summed E-state index contributed by atoms with van der Waals surface area (Å²) < 4.78 is 25.0. The van der Waals surface area contributed by atoms with E-state index in [1.165, 1.54) is 70.6 Å². The molecule has 0 aromatic heterocycles. The van der Waals surface area contributed by atoms with Crippen LogP contribution in [0.4, 0.5) is 0 Å². The largest absolute Gasteiger partial charge is 0.392 e. The number of carbonyl (C=O) groups is 1. The van der Waals surface area contributed by atoms with E-state index >= 15 is 0 Å². The average molecular weight is 693 g/mol. The van der Waals surface area contributed by atoms with Gasteiger partial charge in [0.2, 0.25) is 5.91 Å². The fraction of sp³-hybridized carbons (Fsp3) is 0.690. The molecule has 1 amide bonds. The van der Waals surface area contributed by atoms with Crippen molar-refractivity contribution < 1.29 is 28.8 Å². The summed E-state index contributed by atoms with van der Waals surface area (Å²) in [6.07, 6.45) is 19.5. The van der Waals surface area contributed by atoms with E-state index in [-0.39, 0.29) is 30.5 Å². The first-order valence-electron chi connectivity index (χ1n) is 19.9. The lowest BCUT2D eigenvalue weighted by atomic mass is 9.98. The number of amides is 1. The molecule has 2 aromatic carbocycles. The molecule has 3 heterocycles. The molecule has 278 valence electrons. The SMILES string of the molecule is CCCCCCCCCCCCCCCC(=O)NCc1ccc(C2OC(CN3CCC4(CC3)OCCO4)CC(c3ccc(CO)cc3)O2)cc1. The van der Waals surface area contributed by atoms with Crippen LogP contribution in [0.1, 0.15) is 151 Å². The number of hydrogen-bond acceptors (Lipinski definition) is 7. The number of nitrogens with zero attached hydrogens (tertiary/aromatic N) is 1. The molecule has 8 heteroatoms. The van der Waals surface area contributed by atoms with Gasteiger partial charge in [-0.3, -0.25) is 4.79 Å². The van der Waals surface area contributed by atoms with E-state index in [0.29, 0.717) is 26.2 Å². The number of likely N-dealkylation sites (tertiary alicyclic amines) is 1. The molecule has 8 nitrogen and oxygen atoms in total. The molecule has 3 atom stereocenters. The summed E-state index contributed by atoms with van der Waals surface area (Å²) in [6, 6.07) is 16.3. The zero-order chi connectivity index (χ0) is 34.9. The molecule has 1 spiro atoms. The highest BCUT2D eigenvalue weighted by Gasteiger charge is 2.41. The van der Waals surface area contributed by atoms with Gasteiger partial charge in [0.15, 0.2) is 12.1 Å². The smallest absolute Gasteiger partial charge is 0.220 e. The average Bonchev–Trinajstić information content (AvgIpc) is 3.61. The molecular weight excluding hydrogens is 628 g/mol. The minimum Gasteiger partial charge on any atom is -0.392 e. The highest BCUT2D eigenvalue weighted by Crippen LogP contribution is 2.39. The molecule has 0 saturated carbocycles. The van der Waals surface area contributed by atoms with Gasteiger partial charge in [-0.25, -0.2) is 0 Å². The number of piperidine rings is 1. The van der Waals surface area contributed by atoms with Crippen LogP contribution in [0.5, 0.6) is 0 Å². The van der Waals surface area contributed by atoms with E-state index < -0.39 is 6.29 Å². The van der Waals surface area contributed by atoms with Crippen LogP contribution in [0.3, 0.4) is 0 Å². The van der Waals surface area contributed by atoms with E-state index in [1.807, 2.05) is 12.1 Å². The Morgan fingerprint density at radius 3 is 1.92 bits per heavy atom. The second-order valence-corrected chi connectivity index (χ2v) is 14.8. The number of nitrogens with one attached hydrogen (secondary N) is 1. The van der Waals surface area contributed by atoms with Gasteiger partial charge in [-0.1, -0.05) is 133 Å². The van der Waals surface area contributed by atoms with Gasteiger partial charge in [-0.2, -0.15) is 0 Å². The molecule has 2 N–H and O–H groups in total. The quantitative estimate of drug-likeness (QED) is 0.127. The minimum atomic E-state index is -0.493. The predicted molar refractivity (Wildman–Crippen MR) is 197 cm³/mol. The van der Waals surface area contributed by atoms with Crippen LogP contribution in [0.2, 0.25) is 0 Å². The van der Waals surface area contributed by atoms with Gasteiger partial charge in [-0.05, 0) is 23.1 Å². The number of benzene rings is 2. The molecule has 3 aliphatic rings. The van der Waals surface area contributed by atoms with Crippen molar-refractivity contribution >= 4 is 5.91 Å². The number of hydrogen-bond donors (Lipinski definition) is 2. The van der Waals surface area contributed by atoms with Gasteiger partial charge in [0.25, 0.3) is 0 Å². The van der Waals surface area contributed by atoms with Crippen molar-refractivity contribution in [1.82, 2.24) is 10.2 Å². The standard InChI is InChI=1S/C42H64N2O6/c1-2-3-4-5-6-7-8-9-10-11-12-13-14-15-40(46)43-31-34-16-22-37(23-17-34)41-49-38(30-39(50-41)36-20-18-35(33-45)19-21-36)32-44-26-24-42(25-27-44)47-28-29-48-42/h16-23,38-39,41,45H,2-15,24-33H2,1H3,(H,43,46). The van der Waals surface area contributed by atoms with Gasteiger partial charge >= 0.3 is 0 Å². The molecular formula is C42H64N2O6. The Bertz CT molecular complexity index is 1220. The first-order valence-corrected chi connectivity index (χ1v) is 19.9. The summed E-state index contributed by atoms with van der Waals surface area (Å²) in [5, 5.41) is 12.6. The third-order valence-corrected chi connectivity index (χ3v) is 10.8. The van der Waals surface area contributed by atoms with E-state index in [2.05, 4.69) is 53.5 Å². The maximum atomic E-state index is 12.5. The van der Waals surface area contributed by atoms with Gasteiger partial charge < -0.3 is 34.3 Å². The van der Waals surface area contributed by atoms with Crippen molar-refractivity contribution in [2.75, 3.05) is 32.8 Å². The summed E-state index contributed by atoms with van der Waals surface area (Å²) in [4.78, 5) is 15.0. The molecule has 5 rings (SSSR count). The third-order valence-electron chi connectivity index (χ3n) is 10.8. The van der Waals surface area contributed by atoms with Crippen LogP contribution in [0.15, 0.2) is 48.5 Å². The summed E-state index contributed by atoms with van der Waals surface area (Å²) in [5.41, 5.74) is 4.02. The Balaban J connectivity index is 1.03. The molecule has 0 radical (unpaired) electrons. The van der Waals surface area contributed by atoms with Crippen molar-refractivity contribution in [3.8, 4) is 0 Å². The monoisotopic (exact) mass is 692 g/mol. The lowest BCUT2D eigenvalue weighted by Gasteiger charge is -2.41. The number of aliphatic hydroxyl groups excluding tert-OH is 1. The fourth-order valence-corrected chi connectivity index (χ4v) is 7.57. The topological polar surface area (TPSA) is 89.5 Å². The first-order chi connectivity index (χ1) is 24.6. The van der Waals surface area contributed by atoms with E-state index in [0.717, 1.165) is 74.0 Å². The van der Waals surface area contributed by atoms with Crippen LogP contribution in [-0.2, 0) is 36.9 Å². The summed E-state index contributed by atoms with van der Waals surface area (Å²) >= 11 is 0. The normalized spacial score (nSPS) is 22.2. The lowest BCUT2D eigenvalue weighted by Crippen LogP contribution is -2.48. The Morgan fingerprint density at radius 1 is 0.760 bits per heavy atom. The van der Waals surface area contributed by atoms with Crippen molar-refractivity contribution in [3.63, 3.8) is 0 Å². The number of rotatable bonds is 21. The molecule has 3 unspecified atom stereocenters. The number of carbonyl (C=O) groups excluding carboxylic acids is 1. The summed E-state index contributed by atoms with van der Waals surface area (Å²) in [7, 11) is 0. The van der Waals surface area contributed by atoms with Crippen LogP contribution in [0, 0.1) is 0 Å². The highest BCUT2D eigenvalue weighted by molar-refractivity contribution is 5.75. The number of aliphatic hydroxyl groups is 1. The van der Waals surface area contributed by atoms with Crippen molar-refractivity contribution in [3.05, 3.63) is 70.8 Å². The first kappa shape index (κ1) is 38.9. The van der Waals surface area contributed by atoms with Crippen LogP contribution in [-0.4, -0.2) is 60.7 Å². The zero-order valence-electron chi connectivity index (χ0n) is 30.8. The van der Waals surface area contributed by atoms with Crippen LogP contribution < -0.4 is 5.32 Å². The van der Waals surface area contributed by atoms with Gasteiger partial charge in [-0.15, -0.1) is 0 Å². The van der Waals surface area contributed by atoms with E-state index in [9.17, 15) is 9.90 Å². The molecule has 3 saturated heterocycles. The number of unbranched alkanes of at least 4 members (excludes halogenated alkanes) is 12. The van der Waals surface area contributed by atoms with Gasteiger partial charge in [0, 0.05) is 57.4 Å². The molecule has 50 heavy (non-hydrogen) atoms. The minimum absolute atomic E-state index is 0.000182. The predicted octanol–water partition coefficient (Wildman–Crippen LogP) is 8.66.